The number of esters is 1. The van der Waals surface area contributed by atoms with Gasteiger partial charge in [-0.1, -0.05) is 18.2 Å². The second kappa shape index (κ2) is 8.34. The van der Waals surface area contributed by atoms with Gasteiger partial charge >= 0.3 is 5.97 Å². The van der Waals surface area contributed by atoms with Crippen molar-refractivity contribution in [2.24, 2.45) is 5.73 Å². The fourth-order valence-electron chi connectivity index (χ4n) is 4.97. The Hall–Kier alpha value is -3.56. The van der Waals surface area contributed by atoms with Gasteiger partial charge in [0.25, 0.3) is 5.56 Å². The molecular formula is C25H26N4O5. The van der Waals surface area contributed by atoms with Crippen LogP contribution >= 0.6 is 0 Å². The molecule has 0 spiro atoms. The number of benzene rings is 1. The summed E-state index contributed by atoms with van der Waals surface area (Å²) in [7, 11) is 0. The first kappa shape index (κ1) is 22.2. The molecule has 1 amide bonds. The molecule has 5 rings (SSSR count). The number of pyridine rings is 2. The number of aliphatic hydroxyl groups excluding tert-OH is 1. The summed E-state index contributed by atoms with van der Waals surface area (Å²) >= 11 is 0. The Morgan fingerprint density at radius 2 is 2.06 bits per heavy atom. The van der Waals surface area contributed by atoms with Crippen molar-refractivity contribution in [3.05, 3.63) is 62.9 Å². The summed E-state index contributed by atoms with van der Waals surface area (Å²) in [4.78, 5) is 44.2. The molecule has 2 aliphatic heterocycles. The molecular weight excluding hydrogens is 436 g/mol. The Balaban J connectivity index is 1.65. The van der Waals surface area contributed by atoms with Crippen LogP contribution in [0.5, 0.6) is 0 Å². The highest BCUT2D eigenvalue weighted by Crippen LogP contribution is 2.38. The number of amides is 1. The van der Waals surface area contributed by atoms with E-state index >= 15 is 0 Å². The number of carbonyl (C=O) groups excluding carboxylic acids is 2. The van der Waals surface area contributed by atoms with Crippen LogP contribution in [0.15, 0.2) is 35.1 Å². The molecule has 0 aliphatic carbocycles. The quantitative estimate of drug-likeness (QED) is 0.427. The maximum atomic E-state index is 13.3. The zero-order valence-electron chi connectivity index (χ0n) is 19.1. The molecule has 3 aromatic rings. The van der Waals surface area contributed by atoms with E-state index in [-0.39, 0.29) is 41.8 Å². The summed E-state index contributed by atoms with van der Waals surface area (Å²) in [5.74, 6) is -0.878. The smallest absolute Gasteiger partial charge is 0.340 e. The second-order valence-electron chi connectivity index (χ2n) is 8.93. The van der Waals surface area contributed by atoms with Gasteiger partial charge in [0.2, 0.25) is 5.91 Å². The number of aromatic nitrogens is 2. The number of aliphatic hydroxyl groups is 1. The molecule has 1 aromatic carbocycles. The fraction of sp³-hybridized carbons (Fsp3) is 0.360. The van der Waals surface area contributed by atoms with Gasteiger partial charge in [-0.05, 0) is 38.0 Å². The molecule has 1 unspecified atom stereocenters. The fourth-order valence-corrected chi connectivity index (χ4v) is 4.97. The Morgan fingerprint density at radius 3 is 2.79 bits per heavy atom. The van der Waals surface area contributed by atoms with Gasteiger partial charge in [-0.3, -0.25) is 9.59 Å². The van der Waals surface area contributed by atoms with Crippen molar-refractivity contribution in [3.8, 4) is 11.4 Å². The number of fused-ring (bicyclic) bond motifs is 5. The van der Waals surface area contributed by atoms with E-state index in [0.717, 1.165) is 22.0 Å². The third-order valence-electron chi connectivity index (χ3n) is 6.70. The number of carbonyl (C=O) groups is 2. The average Bonchev–Trinajstić information content (AvgIpc) is 3.19. The van der Waals surface area contributed by atoms with Gasteiger partial charge in [0.05, 0.1) is 35.6 Å². The highest BCUT2D eigenvalue weighted by Gasteiger charge is 2.34. The third-order valence-corrected chi connectivity index (χ3v) is 6.70. The molecule has 0 saturated carbocycles. The molecule has 4 heterocycles. The molecule has 9 nitrogen and oxygen atoms in total. The van der Waals surface area contributed by atoms with E-state index in [4.69, 9.17) is 15.5 Å². The van der Waals surface area contributed by atoms with Crippen molar-refractivity contribution in [3.63, 3.8) is 0 Å². The number of hydrogen-bond donors (Lipinski definition) is 2. The Labute approximate surface area is 195 Å². The molecule has 0 radical (unpaired) electrons. The summed E-state index contributed by atoms with van der Waals surface area (Å²) in [5.41, 5.74) is 9.81. The van der Waals surface area contributed by atoms with Crippen LogP contribution in [-0.2, 0) is 33.9 Å². The second-order valence-corrected chi connectivity index (χ2v) is 8.93. The number of ether oxygens (including phenoxy) is 1. The van der Waals surface area contributed by atoms with E-state index in [9.17, 15) is 19.5 Å². The summed E-state index contributed by atoms with van der Waals surface area (Å²) in [6, 6.07) is 9.43. The molecule has 0 saturated heterocycles. The van der Waals surface area contributed by atoms with Crippen LogP contribution in [0.3, 0.4) is 0 Å². The lowest BCUT2D eigenvalue weighted by Crippen LogP contribution is -2.42. The Bertz CT molecular complexity index is 1390. The number of rotatable bonds is 5. The van der Waals surface area contributed by atoms with Crippen molar-refractivity contribution < 1.29 is 19.4 Å². The molecule has 34 heavy (non-hydrogen) atoms. The lowest BCUT2D eigenvalue weighted by molar-refractivity contribution is -0.157. The predicted octanol–water partition coefficient (Wildman–Crippen LogP) is 1.25. The van der Waals surface area contributed by atoms with Crippen LogP contribution in [0.1, 0.15) is 42.2 Å². The molecule has 2 aliphatic rings. The largest absolute Gasteiger partial charge is 0.458 e. The molecule has 176 valence electrons. The van der Waals surface area contributed by atoms with E-state index < -0.39 is 12.1 Å². The number of nitrogens with two attached hydrogens (primary N) is 1. The number of para-hydroxylation sites is 1. The molecule has 9 heteroatoms. The summed E-state index contributed by atoms with van der Waals surface area (Å²) < 4.78 is 6.60. The minimum absolute atomic E-state index is 0.00256. The molecule has 0 fully saturated rings. The first-order valence-electron chi connectivity index (χ1n) is 11.3. The summed E-state index contributed by atoms with van der Waals surface area (Å²) in [6.07, 6.45) is -0.921. The van der Waals surface area contributed by atoms with Crippen molar-refractivity contribution >= 4 is 22.8 Å². The van der Waals surface area contributed by atoms with Crippen LogP contribution in [-0.4, -0.2) is 50.6 Å². The summed E-state index contributed by atoms with van der Waals surface area (Å²) in [6.45, 7) is 4.50. The zero-order valence-corrected chi connectivity index (χ0v) is 19.1. The number of cyclic esters (lactones) is 1. The molecule has 3 N–H and O–H groups in total. The van der Waals surface area contributed by atoms with Crippen molar-refractivity contribution in [2.75, 3.05) is 13.1 Å². The van der Waals surface area contributed by atoms with Crippen LogP contribution in [0.4, 0.5) is 0 Å². The molecule has 2 aromatic heterocycles. The van der Waals surface area contributed by atoms with Gasteiger partial charge in [-0.2, -0.15) is 0 Å². The number of hydrogen-bond acceptors (Lipinski definition) is 7. The molecule has 1 atom stereocenters. The van der Waals surface area contributed by atoms with Crippen LogP contribution in [0, 0.1) is 0 Å². The Morgan fingerprint density at radius 1 is 1.29 bits per heavy atom. The normalized spacial score (nSPS) is 16.3. The van der Waals surface area contributed by atoms with Gasteiger partial charge in [0.15, 0.2) is 6.10 Å². The minimum atomic E-state index is -1.49. The highest BCUT2D eigenvalue weighted by molar-refractivity contribution is 5.88. The van der Waals surface area contributed by atoms with E-state index in [1.165, 1.54) is 0 Å². The van der Waals surface area contributed by atoms with Crippen molar-refractivity contribution in [1.82, 2.24) is 14.5 Å². The SMILES string of the molecule is CC(C)N(CCc1c2c(nc3ccccc13)-c1cc3c(c(=O)n1C2)COC(=O)C3O)C(=O)CN. The number of nitrogens with zero attached hydrogens (tertiary/aromatic N) is 3. The summed E-state index contributed by atoms with van der Waals surface area (Å²) in [5, 5.41) is 11.3. The van der Waals surface area contributed by atoms with Crippen LogP contribution in [0.25, 0.3) is 22.3 Å². The topological polar surface area (TPSA) is 128 Å². The standard InChI is InChI=1S/C25H26N4O5/c1-13(2)28(21(30)10-26)8-7-14-15-5-3-4-6-19(15)27-22-17(14)11-29-20(22)9-16-18(24(29)32)12-34-25(33)23(16)31/h3-6,9,13,23,31H,7-8,10-12,26H2,1-2H3. The van der Waals surface area contributed by atoms with Crippen molar-refractivity contribution in [1.29, 1.82) is 0 Å². The van der Waals surface area contributed by atoms with Crippen LogP contribution < -0.4 is 11.3 Å². The minimum Gasteiger partial charge on any atom is -0.458 e. The zero-order chi connectivity index (χ0) is 24.1. The lowest BCUT2D eigenvalue weighted by Gasteiger charge is -2.27. The third kappa shape index (κ3) is 3.39. The van der Waals surface area contributed by atoms with Crippen LogP contribution in [0.2, 0.25) is 0 Å². The highest BCUT2D eigenvalue weighted by atomic mass is 16.5. The first-order valence-corrected chi connectivity index (χ1v) is 11.3. The average molecular weight is 463 g/mol. The van der Waals surface area contributed by atoms with Gasteiger partial charge < -0.3 is 25.0 Å². The van der Waals surface area contributed by atoms with E-state index in [1.807, 2.05) is 38.1 Å². The van der Waals surface area contributed by atoms with E-state index in [0.29, 0.717) is 30.9 Å². The first-order chi connectivity index (χ1) is 16.3. The van der Waals surface area contributed by atoms with Gasteiger partial charge in [-0.25, -0.2) is 9.78 Å². The van der Waals surface area contributed by atoms with E-state index in [2.05, 4.69) is 0 Å². The maximum Gasteiger partial charge on any atom is 0.340 e. The predicted molar refractivity (Wildman–Crippen MR) is 125 cm³/mol. The Kier molecular flexibility index (Phi) is 5.45. The van der Waals surface area contributed by atoms with Crippen molar-refractivity contribution in [2.45, 2.75) is 45.6 Å². The van der Waals surface area contributed by atoms with Gasteiger partial charge in [0, 0.05) is 29.1 Å². The maximum absolute atomic E-state index is 13.3. The lowest BCUT2D eigenvalue weighted by atomic mass is 9.96. The van der Waals surface area contributed by atoms with Gasteiger partial charge in [-0.15, -0.1) is 0 Å². The molecule has 0 bridgehead atoms. The monoisotopic (exact) mass is 462 g/mol. The van der Waals surface area contributed by atoms with E-state index in [1.54, 1.807) is 15.5 Å². The van der Waals surface area contributed by atoms with Gasteiger partial charge in [0.1, 0.15) is 6.61 Å².